The summed E-state index contributed by atoms with van der Waals surface area (Å²) < 4.78 is 0. The number of likely N-dealkylation sites (tertiary alicyclic amines) is 2. The van der Waals surface area contributed by atoms with Gasteiger partial charge in [-0.3, -0.25) is 4.79 Å². The molecule has 2 aliphatic rings. The van der Waals surface area contributed by atoms with Crippen LogP contribution < -0.4 is 0 Å². The Morgan fingerprint density at radius 3 is 2.53 bits per heavy atom. The summed E-state index contributed by atoms with van der Waals surface area (Å²) in [6, 6.07) is 0.445. The van der Waals surface area contributed by atoms with Crippen LogP contribution in [0.5, 0.6) is 0 Å². The van der Waals surface area contributed by atoms with Gasteiger partial charge in [-0.2, -0.15) is 0 Å². The van der Waals surface area contributed by atoms with E-state index in [0.717, 1.165) is 25.8 Å². The van der Waals surface area contributed by atoms with E-state index in [0.29, 0.717) is 11.9 Å². The van der Waals surface area contributed by atoms with Crippen molar-refractivity contribution in [1.29, 1.82) is 0 Å². The molecule has 0 aromatic rings. The van der Waals surface area contributed by atoms with Crippen LogP contribution in [-0.4, -0.2) is 47.9 Å². The number of nitrogens with zero attached hydrogens (tertiary/aromatic N) is 2. The predicted molar refractivity (Wildman–Crippen MR) is 60.7 cm³/mol. The molecule has 0 aliphatic carbocycles. The second kappa shape index (κ2) is 4.97. The molecule has 0 saturated carbocycles. The van der Waals surface area contributed by atoms with Crippen molar-refractivity contribution in [3.8, 4) is 0 Å². The maximum atomic E-state index is 11.5. The van der Waals surface area contributed by atoms with Crippen LogP contribution in [0.3, 0.4) is 0 Å². The topological polar surface area (TPSA) is 23.6 Å². The number of carbonyl (C=O) groups excluding carboxylic acids is 1. The lowest BCUT2D eigenvalue weighted by Crippen LogP contribution is -2.36. The van der Waals surface area contributed by atoms with Gasteiger partial charge in [0.2, 0.25) is 5.91 Å². The van der Waals surface area contributed by atoms with Gasteiger partial charge in [0.05, 0.1) is 0 Å². The van der Waals surface area contributed by atoms with Gasteiger partial charge >= 0.3 is 0 Å². The van der Waals surface area contributed by atoms with E-state index in [9.17, 15) is 4.79 Å². The molecule has 2 saturated heterocycles. The third-order valence-corrected chi connectivity index (χ3v) is 3.70. The third kappa shape index (κ3) is 2.71. The normalized spacial score (nSPS) is 25.1. The van der Waals surface area contributed by atoms with Crippen LogP contribution in [0.25, 0.3) is 0 Å². The summed E-state index contributed by atoms with van der Waals surface area (Å²) in [5, 5.41) is 0. The molecule has 1 atom stereocenters. The van der Waals surface area contributed by atoms with E-state index >= 15 is 0 Å². The quantitative estimate of drug-likeness (QED) is 0.702. The fourth-order valence-electron chi connectivity index (χ4n) is 2.67. The van der Waals surface area contributed by atoms with Crippen molar-refractivity contribution < 1.29 is 4.79 Å². The fraction of sp³-hybridized carbons (Fsp3) is 0.917. The average Bonchev–Trinajstić information content (AvgIpc) is 2.84. The van der Waals surface area contributed by atoms with Gasteiger partial charge in [0.1, 0.15) is 0 Å². The molecule has 1 amide bonds. The van der Waals surface area contributed by atoms with Crippen molar-refractivity contribution >= 4 is 5.91 Å². The molecule has 0 aromatic carbocycles. The molecule has 86 valence electrons. The standard InChI is InChI=1S/C12H22N2O/c1-11(14-9-4-5-12(14)15)6-10-13-7-2-3-8-13/h11H,2-10H2,1H3. The van der Waals surface area contributed by atoms with E-state index in [4.69, 9.17) is 0 Å². The Hall–Kier alpha value is -0.570. The van der Waals surface area contributed by atoms with Crippen LogP contribution in [0.15, 0.2) is 0 Å². The molecule has 15 heavy (non-hydrogen) atoms. The summed E-state index contributed by atoms with van der Waals surface area (Å²) in [7, 11) is 0. The highest BCUT2D eigenvalue weighted by Gasteiger charge is 2.25. The summed E-state index contributed by atoms with van der Waals surface area (Å²) in [5.74, 6) is 0.365. The minimum Gasteiger partial charge on any atom is -0.340 e. The lowest BCUT2D eigenvalue weighted by Gasteiger charge is -2.26. The molecule has 2 aliphatic heterocycles. The lowest BCUT2D eigenvalue weighted by molar-refractivity contribution is -0.129. The SMILES string of the molecule is CC(CCN1CCCC1)N1CCCC1=O. The van der Waals surface area contributed by atoms with E-state index in [1.807, 2.05) is 0 Å². The molecule has 2 heterocycles. The molecular formula is C12H22N2O. The van der Waals surface area contributed by atoms with Crippen molar-refractivity contribution in [2.75, 3.05) is 26.2 Å². The molecule has 0 spiro atoms. The lowest BCUT2D eigenvalue weighted by atomic mass is 10.2. The molecule has 0 radical (unpaired) electrons. The fourth-order valence-corrected chi connectivity index (χ4v) is 2.67. The molecule has 3 nitrogen and oxygen atoms in total. The third-order valence-electron chi connectivity index (χ3n) is 3.70. The van der Waals surface area contributed by atoms with Crippen molar-refractivity contribution in [2.45, 2.75) is 45.1 Å². The first-order valence-electron chi connectivity index (χ1n) is 6.29. The van der Waals surface area contributed by atoms with Crippen LogP contribution in [0.2, 0.25) is 0 Å². The van der Waals surface area contributed by atoms with Crippen LogP contribution >= 0.6 is 0 Å². The number of rotatable bonds is 4. The van der Waals surface area contributed by atoms with Gasteiger partial charge < -0.3 is 9.80 Å². The summed E-state index contributed by atoms with van der Waals surface area (Å²) >= 11 is 0. The highest BCUT2D eigenvalue weighted by atomic mass is 16.2. The summed E-state index contributed by atoms with van der Waals surface area (Å²) in [4.78, 5) is 16.1. The maximum absolute atomic E-state index is 11.5. The van der Waals surface area contributed by atoms with E-state index in [-0.39, 0.29) is 0 Å². The molecule has 2 fully saturated rings. The largest absolute Gasteiger partial charge is 0.340 e. The minimum absolute atomic E-state index is 0.365. The Morgan fingerprint density at radius 2 is 1.93 bits per heavy atom. The summed E-state index contributed by atoms with van der Waals surface area (Å²) in [6.45, 7) is 6.88. The first-order chi connectivity index (χ1) is 7.27. The van der Waals surface area contributed by atoms with Crippen molar-refractivity contribution in [1.82, 2.24) is 9.80 Å². The van der Waals surface area contributed by atoms with Crippen LogP contribution in [0.1, 0.15) is 39.0 Å². The zero-order valence-corrected chi connectivity index (χ0v) is 9.74. The van der Waals surface area contributed by atoms with Crippen LogP contribution in [-0.2, 0) is 4.79 Å². The minimum atomic E-state index is 0.365. The van der Waals surface area contributed by atoms with Crippen molar-refractivity contribution in [3.05, 3.63) is 0 Å². The smallest absolute Gasteiger partial charge is 0.222 e. The second-order valence-corrected chi connectivity index (χ2v) is 4.88. The highest BCUT2D eigenvalue weighted by Crippen LogP contribution is 2.16. The number of hydrogen-bond acceptors (Lipinski definition) is 2. The van der Waals surface area contributed by atoms with Gasteiger partial charge in [-0.05, 0) is 45.7 Å². The van der Waals surface area contributed by atoms with Gasteiger partial charge in [-0.1, -0.05) is 0 Å². The zero-order valence-electron chi connectivity index (χ0n) is 9.74. The molecule has 1 unspecified atom stereocenters. The van der Waals surface area contributed by atoms with Gasteiger partial charge in [0.15, 0.2) is 0 Å². The second-order valence-electron chi connectivity index (χ2n) is 4.88. The van der Waals surface area contributed by atoms with Gasteiger partial charge in [0, 0.05) is 25.6 Å². The first-order valence-corrected chi connectivity index (χ1v) is 6.29. The monoisotopic (exact) mass is 210 g/mol. The average molecular weight is 210 g/mol. The van der Waals surface area contributed by atoms with Crippen molar-refractivity contribution in [2.24, 2.45) is 0 Å². The molecule has 2 rings (SSSR count). The number of hydrogen-bond donors (Lipinski definition) is 0. The Balaban J connectivity index is 1.71. The maximum Gasteiger partial charge on any atom is 0.222 e. The highest BCUT2D eigenvalue weighted by molar-refractivity contribution is 5.78. The van der Waals surface area contributed by atoms with E-state index in [1.165, 1.54) is 32.5 Å². The van der Waals surface area contributed by atoms with E-state index in [1.54, 1.807) is 0 Å². The van der Waals surface area contributed by atoms with Crippen molar-refractivity contribution in [3.63, 3.8) is 0 Å². The molecule has 0 bridgehead atoms. The van der Waals surface area contributed by atoms with E-state index in [2.05, 4.69) is 16.7 Å². The molecular weight excluding hydrogens is 188 g/mol. The van der Waals surface area contributed by atoms with Gasteiger partial charge in [-0.25, -0.2) is 0 Å². The molecule has 0 aromatic heterocycles. The van der Waals surface area contributed by atoms with Gasteiger partial charge in [0.25, 0.3) is 0 Å². The molecule has 3 heteroatoms. The van der Waals surface area contributed by atoms with Crippen LogP contribution in [0, 0.1) is 0 Å². The zero-order chi connectivity index (χ0) is 10.7. The Kier molecular flexibility index (Phi) is 3.62. The summed E-state index contributed by atoms with van der Waals surface area (Å²) in [6.07, 6.45) is 5.70. The first kappa shape index (κ1) is 10.9. The Morgan fingerprint density at radius 1 is 1.20 bits per heavy atom. The Labute approximate surface area is 92.4 Å². The molecule has 0 N–H and O–H groups in total. The number of carbonyl (C=O) groups is 1. The Bertz CT molecular complexity index is 224. The summed E-state index contributed by atoms with van der Waals surface area (Å²) in [5.41, 5.74) is 0. The predicted octanol–water partition coefficient (Wildman–Crippen LogP) is 1.48. The van der Waals surface area contributed by atoms with Crippen LogP contribution in [0.4, 0.5) is 0 Å². The van der Waals surface area contributed by atoms with E-state index < -0.39 is 0 Å². The van der Waals surface area contributed by atoms with Gasteiger partial charge in [-0.15, -0.1) is 0 Å². The number of amides is 1.